The number of hydrogen-bond acceptors (Lipinski definition) is 4. The first-order valence-electron chi connectivity index (χ1n) is 9.93. The van der Waals surface area contributed by atoms with E-state index in [0.29, 0.717) is 6.79 Å². The summed E-state index contributed by atoms with van der Waals surface area (Å²) in [6.07, 6.45) is 13.5. The topological polar surface area (TPSA) is 44.8 Å². The normalized spacial score (nSPS) is 11.6. The zero-order valence-electron chi connectivity index (χ0n) is 16.6. The second kappa shape index (κ2) is 19.3. The fourth-order valence-electron chi connectivity index (χ4n) is 2.57. The maximum Gasteiger partial charge on any atom is 0.303 e. The van der Waals surface area contributed by atoms with E-state index in [1.165, 1.54) is 45.4 Å². The van der Waals surface area contributed by atoms with E-state index in [2.05, 4.69) is 18.8 Å². The van der Waals surface area contributed by atoms with E-state index in [1.54, 1.807) is 7.11 Å². The van der Waals surface area contributed by atoms with Gasteiger partial charge in [-0.15, -0.1) is 0 Å². The van der Waals surface area contributed by atoms with Crippen LogP contribution in [0.5, 0.6) is 0 Å². The molecule has 0 unspecified atom stereocenters. The Balaban J connectivity index is 3.57. The first-order chi connectivity index (χ1) is 12.2. The number of carbonyl (C=O) groups is 1. The van der Waals surface area contributed by atoms with Crippen molar-refractivity contribution in [2.45, 2.75) is 97.0 Å². The van der Waals surface area contributed by atoms with Crippen molar-refractivity contribution in [3.05, 3.63) is 0 Å². The second-order valence-corrected chi connectivity index (χ2v) is 6.45. The summed E-state index contributed by atoms with van der Waals surface area (Å²) >= 11 is 0. The van der Waals surface area contributed by atoms with Gasteiger partial charge in [-0.25, -0.2) is 0 Å². The molecule has 0 rings (SSSR count). The number of unbranched alkanes of at least 4 members (excludes halogenated alkanes) is 9. The highest BCUT2D eigenvalue weighted by atomic mass is 16.7. The van der Waals surface area contributed by atoms with Crippen LogP contribution in [0.1, 0.15) is 90.9 Å². The fraction of sp³-hybridized carbons (Fsp3) is 0.857. The minimum Gasteiger partial charge on any atom is -0.449 e. The fourth-order valence-corrected chi connectivity index (χ4v) is 2.57. The van der Waals surface area contributed by atoms with E-state index < -0.39 is 0 Å². The lowest BCUT2D eigenvalue weighted by atomic mass is 10.1. The van der Waals surface area contributed by atoms with Gasteiger partial charge in [-0.2, -0.15) is 0 Å². The Hall–Kier alpha value is -1.05. The zero-order chi connectivity index (χ0) is 18.6. The van der Waals surface area contributed by atoms with E-state index in [0.717, 1.165) is 45.1 Å². The van der Waals surface area contributed by atoms with E-state index in [9.17, 15) is 4.79 Å². The molecule has 1 atom stereocenters. The van der Waals surface area contributed by atoms with Crippen molar-refractivity contribution in [2.24, 2.45) is 0 Å². The van der Waals surface area contributed by atoms with Gasteiger partial charge in [0.05, 0.1) is 0 Å². The SMILES string of the molecule is CCCCC[C@H](C#CCCCCCCCCCOCOC)OC(C)=O. The van der Waals surface area contributed by atoms with Crippen LogP contribution in [0.2, 0.25) is 0 Å². The van der Waals surface area contributed by atoms with Gasteiger partial charge in [-0.3, -0.25) is 4.79 Å². The second-order valence-electron chi connectivity index (χ2n) is 6.45. The van der Waals surface area contributed by atoms with Crippen LogP contribution < -0.4 is 0 Å². The molecule has 4 heteroatoms. The molecule has 0 aliphatic carbocycles. The number of hydrogen-bond donors (Lipinski definition) is 0. The Morgan fingerprint density at radius 1 is 0.960 bits per heavy atom. The molecule has 0 bridgehead atoms. The van der Waals surface area contributed by atoms with Gasteiger partial charge in [0.15, 0.2) is 6.10 Å². The maximum absolute atomic E-state index is 11.1. The molecule has 0 heterocycles. The van der Waals surface area contributed by atoms with Gasteiger partial charge >= 0.3 is 5.97 Å². The smallest absolute Gasteiger partial charge is 0.303 e. The molecule has 0 aliphatic heterocycles. The number of esters is 1. The van der Waals surface area contributed by atoms with Crippen LogP contribution in [0.25, 0.3) is 0 Å². The lowest BCUT2D eigenvalue weighted by Gasteiger charge is -2.10. The van der Waals surface area contributed by atoms with E-state index >= 15 is 0 Å². The molecule has 0 aromatic carbocycles. The largest absolute Gasteiger partial charge is 0.449 e. The lowest BCUT2D eigenvalue weighted by molar-refractivity contribution is -0.144. The van der Waals surface area contributed by atoms with Crippen molar-refractivity contribution >= 4 is 5.97 Å². The van der Waals surface area contributed by atoms with Gasteiger partial charge in [-0.1, -0.05) is 63.7 Å². The molecule has 146 valence electrons. The van der Waals surface area contributed by atoms with Gasteiger partial charge in [0, 0.05) is 27.1 Å². The monoisotopic (exact) mass is 354 g/mol. The molecule has 25 heavy (non-hydrogen) atoms. The Morgan fingerprint density at radius 2 is 1.64 bits per heavy atom. The van der Waals surface area contributed by atoms with Crippen LogP contribution in [-0.2, 0) is 19.0 Å². The van der Waals surface area contributed by atoms with E-state index in [-0.39, 0.29) is 12.1 Å². The van der Waals surface area contributed by atoms with Crippen LogP contribution in [0.4, 0.5) is 0 Å². The molecule has 0 saturated heterocycles. The number of rotatable bonds is 16. The van der Waals surface area contributed by atoms with Gasteiger partial charge in [0.25, 0.3) is 0 Å². The van der Waals surface area contributed by atoms with Crippen LogP contribution in [0, 0.1) is 11.8 Å². The summed E-state index contributed by atoms with van der Waals surface area (Å²) < 4.78 is 15.4. The number of methoxy groups -OCH3 is 1. The third-order valence-corrected chi connectivity index (χ3v) is 3.93. The average molecular weight is 355 g/mol. The van der Waals surface area contributed by atoms with Crippen molar-refractivity contribution in [3.8, 4) is 11.8 Å². The standard InChI is InChI=1S/C21H38O4/c1-4-5-13-16-21(25-20(2)22)17-14-11-9-7-6-8-10-12-15-18-24-19-23-3/h21H,4-13,15-16,18-19H2,1-3H3/t21-/m1/s1. The summed E-state index contributed by atoms with van der Waals surface area (Å²) in [6, 6.07) is 0. The summed E-state index contributed by atoms with van der Waals surface area (Å²) in [4.78, 5) is 11.1. The molecule has 0 radical (unpaired) electrons. The summed E-state index contributed by atoms with van der Waals surface area (Å²) in [6.45, 7) is 4.82. The predicted octanol–water partition coefficient (Wildman–Crippen LogP) is 5.24. The lowest BCUT2D eigenvalue weighted by Crippen LogP contribution is -2.14. The van der Waals surface area contributed by atoms with Gasteiger partial charge in [0.1, 0.15) is 6.79 Å². The third-order valence-electron chi connectivity index (χ3n) is 3.93. The first kappa shape index (κ1) is 23.9. The molecule has 0 aromatic heterocycles. The Labute approximate surface area is 155 Å². The predicted molar refractivity (Wildman–Crippen MR) is 102 cm³/mol. The van der Waals surface area contributed by atoms with Crippen molar-refractivity contribution in [3.63, 3.8) is 0 Å². The Kier molecular flexibility index (Phi) is 18.5. The Bertz CT molecular complexity index is 357. The number of ether oxygens (including phenoxy) is 3. The molecular formula is C21H38O4. The summed E-state index contributed by atoms with van der Waals surface area (Å²) in [5, 5.41) is 0. The average Bonchev–Trinajstić information content (AvgIpc) is 2.58. The highest BCUT2D eigenvalue weighted by molar-refractivity contribution is 5.66. The van der Waals surface area contributed by atoms with Crippen LogP contribution >= 0.6 is 0 Å². The van der Waals surface area contributed by atoms with E-state index in [4.69, 9.17) is 14.2 Å². The van der Waals surface area contributed by atoms with E-state index in [1.807, 2.05) is 0 Å². The highest BCUT2D eigenvalue weighted by Crippen LogP contribution is 2.09. The highest BCUT2D eigenvalue weighted by Gasteiger charge is 2.07. The maximum atomic E-state index is 11.1. The minimum absolute atomic E-state index is 0.218. The molecule has 4 nitrogen and oxygen atoms in total. The van der Waals surface area contributed by atoms with Crippen molar-refractivity contribution in [2.75, 3.05) is 20.5 Å². The molecule has 0 amide bonds. The Morgan fingerprint density at radius 3 is 2.28 bits per heavy atom. The number of carbonyl (C=O) groups excluding carboxylic acids is 1. The van der Waals surface area contributed by atoms with Gasteiger partial charge < -0.3 is 14.2 Å². The quantitative estimate of drug-likeness (QED) is 0.164. The summed E-state index contributed by atoms with van der Waals surface area (Å²) in [5.74, 6) is 6.09. The van der Waals surface area contributed by atoms with Gasteiger partial charge in [0.2, 0.25) is 0 Å². The molecule has 0 fully saturated rings. The van der Waals surface area contributed by atoms with Crippen molar-refractivity contribution in [1.82, 2.24) is 0 Å². The third kappa shape index (κ3) is 19.1. The summed E-state index contributed by atoms with van der Waals surface area (Å²) in [5.41, 5.74) is 0. The van der Waals surface area contributed by atoms with Crippen molar-refractivity contribution in [1.29, 1.82) is 0 Å². The van der Waals surface area contributed by atoms with Crippen LogP contribution in [0.3, 0.4) is 0 Å². The molecule has 0 saturated carbocycles. The van der Waals surface area contributed by atoms with Crippen LogP contribution in [-0.4, -0.2) is 32.6 Å². The molecular weight excluding hydrogens is 316 g/mol. The molecule has 0 spiro atoms. The molecule has 0 aliphatic rings. The summed E-state index contributed by atoms with van der Waals surface area (Å²) in [7, 11) is 1.65. The first-order valence-corrected chi connectivity index (χ1v) is 9.93. The van der Waals surface area contributed by atoms with Crippen molar-refractivity contribution < 1.29 is 19.0 Å². The zero-order valence-corrected chi connectivity index (χ0v) is 16.6. The molecule has 0 aromatic rings. The molecule has 0 N–H and O–H groups in total. The van der Waals surface area contributed by atoms with Crippen LogP contribution in [0.15, 0.2) is 0 Å². The minimum atomic E-state index is -0.233. The van der Waals surface area contributed by atoms with Gasteiger partial charge in [-0.05, 0) is 25.7 Å².